The number of hydrogen-bond acceptors (Lipinski definition) is 6. The van der Waals surface area contributed by atoms with Gasteiger partial charge in [-0.05, 0) is 57.4 Å². The first kappa shape index (κ1) is 20.4. The van der Waals surface area contributed by atoms with Crippen LogP contribution in [0.1, 0.15) is 42.2 Å². The minimum atomic E-state index is 0.0665. The number of benzene rings is 1. The minimum Gasteiger partial charge on any atom is -0.494 e. The number of rotatable bonds is 5. The third kappa shape index (κ3) is 4.66. The Morgan fingerprint density at radius 2 is 1.63 bits per heavy atom. The van der Waals surface area contributed by atoms with Gasteiger partial charge in [0.2, 0.25) is 5.95 Å². The van der Waals surface area contributed by atoms with E-state index in [1.165, 1.54) is 19.3 Å². The zero-order valence-corrected chi connectivity index (χ0v) is 18.0. The molecule has 0 radical (unpaired) electrons. The Hall–Kier alpha value is -2.83. The van der Waals surface area contributed by atoms with Crippen molar-refractivity contribution in [3.8, 4) is 5.75 Å². The number of anilines is 2. The highest BCUT2D eigenvalue weighted by molar-refractivity contribution is 5.94. The van der Waals surface area contributed by atoms with Gasteiger partial charge in [-0.15, -0.1) is 0 Å². The molecule has 2 aliphatic heterocycles. The summed E-state index contributed by atoms with van der Waals surface area (Å²) in [5.41, 5.74) is 1.69. The number of piperidine rings is 1. The van der Waals surface area contributed by atoms with E-state index < -0.39 is 0 Å². The zero-order valence-electron chi connectivity index (χ0n) is 18.0. The molecule has 0 spiro atoms. The summed E-state index contributed by atoms with van der Waals surface area (Å²) in [6.45, 7) is 9.56. The Labute approximate surface area is 178 Å². The number of ether oxygens (including phenoxy) is 1. The van der Waals surface area contributed by atoms with E-state index in [0.717, 1.165) is 49.4 Å². The van der Waals surface area contributed by atoms with Crippen molar-refractivity contribution >= 4 is 17.7 Å². The molecule has 3 heterocycles. The number of hydrogen-bond donors (Lipinski definition) is 0. The predicted octanol–water partition coefficient (Wildman–Crippen LogP) is 3.14. The van der Waals surface area contributed by atoms with E-state index in [9.17, 15) is 4.79 Å². The van der Waals surface area contributed by atoms with Gasteiger partial charge in [-0.1, -0.05) is 0 Å². The number of piperazine rings is 1. The molecular formula is C23H31N5O2. The lowest BCUT2D eigenvalue weighted by molar-refractivity contribution is 0.0746. The normalized spacial score (nSPS) is 17.2. The van der Waals surface area contributed by atoms with Crippen molar-refractivity contribution in [2.45, 2.75) is 33.1 Å². The van der Waals surface area contributed by atoms with Gasteiger partial charge in [0.1, 0.15) is 11.6 Å². The van der Waals surface area contributed by atoms with E-state index >= 15 is 0 Å². The number of amides is 1. The summed E-state index contributed by atoms with van der Waals surface area (Å²) >= 11 is 0. The monoisotopic (exact) mass is 409 g/mol. The highest BCUT2D eigenvalue weighted by Crippen LogP contribution is 2.22. The molecule has 2 fully saturated rings. The molecular weight excluding hydrogens is 378 g/mol. The highest BCUT2D eigenvalue weighted by atomic mass is 16.5. The van der Waals surface area contributed by atoms with Crippen molar-refractivity contribution in [3.63, 3.8) is 0 Å². The van der Waals surface area contributed by atoms with Crippen molar-refractivity contribution in [2.75, 3.05) is 55.7 Å². The Balaban J connectivity index is 1.39. The average Bonchev–Trinajstić information content (AvgIpc) is 2.80. The molecule has 4 rings (SSSR count). The fourth-order valence-corrected chi connectivity index (χ4v) is 4.12. The topological polar surface area (TPSA) is 61.8 Å². The van der Waals surface area contributed by atoms with Crippen molar-refractivity contribution in [3.05, 3.63) is 41.6 Å². The second kappa shape index (κ2) is 9.32. The SMILES string of the molecule is CCOc1ccc(C(=O)N2CCN(c3nc(C)cc(N4CCCCC4)n3)CC2)cc1. The maximum absolute atomic E-state index is 12.9. The number of aryl methyl sites for hydroxylation is 1. The van der Waals surface area contributed by atoms with Crippen molar-refractivity contribution in [1.82, 2.24) is 14.9 Å². The molecule has 1 aromatic heterocycles. The first-order valence-corrected chi connectivity index (χ1v) is 11.0. The van der Waals surface area contributed by atoms with Gasteiger partial charge >= 0.3 is 0 Å². The van der Waals surface area contributed by atoms with Crippen LogP contribution in [0.25, 0.3) is 0 Å². The third-order valence-corrected chi connectivity index (χ3v) is 5.77. The number of nitrogens with zero attached hydrogens (tertiary/aromatic N) is 5. The third-order valence-electron chi connectivity index (χ3n) is 5.77. The van der Waals surface area contributed by atoms with Crippen molar-refractivity contribution in [1.29, 1.82) is 0 Å². The molecule has 2 aliphatic rings. The van der Waals surface area contributed by atoms with Crippen LogP contribution in [-0.2, 0) is 0 Å². The molecule has 2 aromatic rings. The minimum absolute atomic E-state index is 0.0665. The van der Waals surface area contributed by atoms with Crippen LogP contribution in [0, 0.1) is 6.92 Å². The van der Waals surface area contributed by atoms with Crippen molar-refractivity contribution < 1.29 is 9.53 Å². The summed E-state index contributed by atoms with van der Waals surface area (Å²) in [7, 11) is 0. The van der Waals surface area contributed by atoms with Gasteiger partial charge in [0.05, 0.1) is 6.61 Å². The molecule has 0 unspecified atom stereocenters. The lowest BCUT2D eigenvalue weighted by Gasteiger charge is -2.35. The number of carbonyl (C=O) groups excluding carboxylic acids is 1. The Bertz CT molecular complexity index is 856. The van der Waals surface area contributed by atoms with Crippen LogP contribution in [0.5, 0.6) is 5.75 Å². The van der Waals surface area contributed by atoms with Gasteiger partial charge in [0.15, 0.2) is 0 Å². The molecule has 7 nitrogen and oxygen atoms in total. The van der Waals surface area contributed by atoms with Crippen LogP contribution in [0.2, 0.25) is 0 Å². The maximum atomic E-state index is 12.9. The predicted molar refractivity (Wildman–Crippen MR) is 119 cm³/mol. The fourth-order valence-electron chi connectivity index (χ4n) is 4.12. The molecule has 1 aromatic carbocycles. The van der Waals surface area contributed by atoms with E-state index in [0.29, 0.717) is 25.3 Å². The molecule has 7 heteroatoms. The van der Waals surface area contributed by atoms with Gasteiger partial charge in [0, 0.05) is 56.6 Å². The molecule has 1 amide bonds. The van der Waals surface area contributed by atoms with Crippen LogP contribution in [0.3, 0.4) is 0 Å². The summed E-state index contributed by atoms with van der Waals surface area (Å²) in [4.78, 5) is 28.9. The second-order valence-corrected chi connectivity index (χ2v) is 7.95. The molecule has 30 heavy (non-hydrogen) atoms. The first-order chi connectivity index (χ1) is 14.6. The molecule has 0 saturated carbocycles. The number of aromatic nitrogens is 2. The molecule has 0 bridgehead atoms. The lowest BCUT2D eigenvalue weighted by atomic mass is 10.1. The quantitative estimate of drug-likeness (QED) is 0.756. The van der Waals surface area contributed by atoms with E-state index in [-0.39, 0.29) is 5.91 Å². The zero-order chi connectivity index (χ0) is 20.9. The molecule has 0 N–H and O–H groups in total. The van der Waals surface area contributed by atoms with E-state index in [1.54, 1.807) is 0 Å². The summed E-state index contributed by atoms with van der Waals surface area (Å²) in [6.07, 6.45) is 3.76. The second-order valence-electron chi connectivity index (χ2n) is 7.95. The average molecular weight is 410 g/mol. The molecule has 0 atom stereocenters. The van der Waals surface area contributed by atoms with E-state index in [2.05, 4.69) is 20.9 Å². The number of carbonyl (C=O) groups is 1. The van der Waals surface area contributed by atoms with E-state index in [1.807, 2.05) is 43.0 Å². The van der Waals surface area contributed by atoms with Gasteiger partial charge in [-0.3, -0.25) is 4.79 Å². The van der Waals surface area contributed by atoms with Crippen LogP contribution in [0.4, 0.5) is 11.8 Å². The van der Waals surface area contributed by atoms with Crippen LogP contribution < -0.4 is 14.5 Å². The Kier molecular flexibility index (Phi) is 6.35. The van der Waals surface area contributed by atoms with Gasteiger partial charge < -0.3 is 19.4 Å². The smallest absolute Gasteiger partial charge is 0.253 e. The molecule has 2 saturated heterocycles. The Morgan fingerprint density at radius 1 is 0.933 bits per heavy atom. The summed E-state index contributed by atoms with van der Waals surface area (Å²) in [6, 6.07) is 9.48. The lowest BCUT2D eigenvalue weighted by Crippen LogP contribution is -2.49. The summed E-state index contributed by atoms with van der Waals surface area (Å²) in [5, 5.41) is 0. The van der Waals surface area contributed by atoms with Crippen LogP contribution in [0.15, 0.2) is 30.3 Å². The van der Waals surface area contributed by atoms with E-state index in [4.69, 9.17) is 9.72 Å². The Morgan fingerprint density at radius 3 is 2.30 bits per heavy atom. The summed E-state index contributed by atoms with van der Waals surface area (Å²) in [5.74, 6) is 2.67. The summed E-state index contributed by atoms with van der Waals surface area (Å²) < 4.78 is 5.46. The van der Waals surface area contributed by atoms with Crippen LogP contribution >= 0.6 is 0 Å². The standard InChI is InChI=1S/C23H31N5O2/c1-3-30-20-9-7-19(8-10-20)22(29)27-13-15-28(16-14-27)23-24-18(2)17-21(25-23)26-11-5-4-6-12-26/h7-10,17H,3-6,11-16H2,1-2H3. The van der Waals surface area contributed by atoms with Gasteiger partial charge in [0.25, 0.3) is 5.91 Å². The largest absolute Gasteiger partial charge is 0.494 e. The van der Waals surface area contributed by atoms with Gasteiger partial charge in [-0.2, -0.15) is 4.98 Å². The fraction of sp³-hybridized carbons (Fsp3) is 0.522. The van der Waals surface area contributed by atoms with Crippen molar-refractivity contribution in [2.24, 2.45) is 0 Å². The first-order valence-electron chi connectivity index (χ1n) is 11.0. The maximum Gasteiger partial charge on any atom is 0.253 e. The van der Waals surface area contributed by atoms with Gasteiger partial charge in [-0.25, -0.2) is 4.98 Å². The molecule has 160 valence electrons. The highest BCUT2D eigenvalue weighted by Gasteiger charge is 2.24. The van der Waals surface area contributed by atoms with Crippen LogP contribution in [-0.4, -0.2) is 66.7 Å². The molecule has 0 aliphatic carbocycles.